The Labute approximate surface area is 142 Å². The van der Waals surface area contributed by atoms with Crippen molar-refractivity contribution < 1.29 is 24.2 Å². The quantitative estimate of drug-likeness (QED) is 0.800. The zero-order valence-electron chi connectivity index (χ0n) is 14.4. The molecule has 0 radical (unpaired) electrons. The van der Waals surface area contributed by atoms with Crippen molar-refractivity contribution in [3.05, 3.63) is 23.8 Å². The van der Waals surface area contributed by atoms with Crippen molar-refractivity contribution in [2.45, 2.75) is 51.7 Å². The van der Waals surface area contributed by atoms with Gasteiger partial charge in [0.25, 0.3) is 5.91 Å². The van der Waals surface area contributed by atoms with Gasteiger partial charge in [0.2, 0.25) is 0 Å². The maximum absolute atomic E-state index is 12.4. The van der Waals surface area contributed by atoms with Crippen molar-refractivity contribution in [1.29, 1.82) is 0 Å². The molecule has 24 heavy (non-hydrogen) atoms. The Balaban J connectivity index is 2.17. The summed E-state index contributed by atoms with van der Waals surface area (Å²) in [5, 5.41) is 11.8. The number of nitrogens with one attached hydrogen (secondary N) is 1. The van der Waals surface area contributed by atoms with Crippen molar-refractivity contribution in [2.24, 2.45) is 5.92 Å². The summed E-state index contributed by atoms with van der Waals surface area (Å²) in [6, 6.07) is 3.96. The smallest absolute Gasteiger partial charge is 0.326 e. The van der Waals surface area contributed by atoms with Crippen LogP contribution in [0.4, 0.5) is 0 Å². The largest absolute Gasteiger partial charge is 0.493 e. The van der Waals surface area contributed by atoms with E-state index in [2.05, 4.69) is 5.32 Å². The van der Waals surface area contributed by atoms with Crippen LogP contribution in [0.2, 0.25) is 0 Å². The average Bonchev–Trinajstić information content (AvgIpc) is 3.04. The summed E-state index contributed by atoms with van der Waals surface area (Å²) in [6.45, 7) is 3.50. The minimum atomic E-state index is -1.05. The van der Waals surface area contributed by atoms with E-state index < -0.39 is 17.9 Å². The van der Waals surface area contributed by atoms with Gasteiger partial charge in [-0.3, -0.25) is 4.79 Å². The number of amides is 1. The molecule has 0 aliphatic heterocycles. The van der Waals surface area contributed by atoms with Gasteiger partial charge in [0.05, 0.1) is 13.2 Å². The molecule has 1 fully saturated rings. The number of hydrogen-bond donors (Lipinski definition) is 2. The summed E-state index contributed by atoms with van der Waals surface area (Å²) >= 11 is 0. The fourth-order valence-electron chi connectivity index (χ4n) is 2.83. The van der Waals surface area contributed by atoms with Crippen LogP contribution in [0.15, 0.2) is 18.2 Å². The van der Waals surface area contributed by atoms with Gasteiger partial charge >= 0.3 is 5.97 Å². The second-order valence-electron chi connectivity index (χ2n) is 6.42. The van der Waals surface area contributed by atoms with Crippen LogP contribution in [-0.2, 0) is 4.79 Å². The van der Waals surface area contributed by atoms with Crippen LogP contribution in [0.3, 0.4) is 0 Å². The van der Waals surface area contributed by atoms with Crippen LogP contribution >= 0.6 is 0 Å². The third kappa shape index (κ3) is 4.40. The minimum Gasteiger partial charge on any atom is -0.493 e. The second-order valence-corrected chi connectivity index (χ2v) is 6.42. The summed E-state index contributed by atoms with van der Waals surface area (Å²) in [7, 11) is 1.55. The standard InChI is InChI=1S/C18H25NO5/c1-11(2)16(18(21)22)19-17(20)12-8-9-14(23-3)15(10-12)24-13-6-4-5-7-13/h8-11,13,16H,4-7H2,1-3H3,(H,19,20)(H,21,22)/t16-/m0/s1. The first-order chi connectivity index (χ1) is 11.4. The second kappa shape index (κ2) is 8.04. The lowest BCUT2D eigenvalue weighted by Crippen LogP contribution is -2.44. The topological polar surface area (TPSA) is 84.9 Å². The number of hydrogen-bond acceptors (Lipinski definition) is 4. The van der Waals surface area contributed by atoms with Gasteiger partial charge in [0, 0.05) is 5.56 Å². The summed E-state index contributed by atoms with van der Waals surface area (Å²) in [5.41, 5.74) is 0.357. The molecule has 0 unspecified atom stereocenters. The fraction of sp³-hybridized carbons (Fsp3) is 0.556. The lowest BCUT2D eigenvalue weighted by Gasteiger charge is -2.19. The molecule has 2 rings (SSSR count). The molecule has 0 bridgehead atoms. The monoisotopic (exact) mass is 335 g/mol. The van der Waals surface area contributed by atoms with Crippen LogP contribution in [0.1, 0.15) is 49.9 Å². The Kier molecular flexibility index (Phi) is 6.06. The van der Waals surface area contributed by atoms with E-state index >= 15 is 0 Å². The molecule has 1 saturated carbocycles. The van der Waals surface area contributed by atoms with Gasteiger partial charge in [-0.1, -0.05) is 13.8 Å². The molecule has 6 nitrogen and oxygen atoms in total. The number of carboxylic acid groups (broad SMARTS) is 1. The maximum Gasteiger partial charge on any atom is 0.326 e. The summed E-state index contributed by atoms with van der Waals surface area (Å²) in [5.74, 6) is -0.603. The van der Waals surface area contributed by atoms with Crippen LogP contribution in [-0.4, -0.2) is 36.2 Å². The van der Waals surface area contributed by atoms with E-state index in [0.717, 1.165) is 25.7 Å². The molecule has 0 heterocycles. The van der Waals surface area contributed by atoms with E-state index in [0.29, 0.717) is 17.1 Å². The number of carbonyl (C=O) groups excluding carboxylic acids is 1. The lowest BCUT2D eigenvalue weighted by atomic mass is 10.0. The van der Waals surface area contributed by atoms with Crippen molar-refractivity contribution in [1.82, 2.24) is 5.32 Å². The van der Waals surface area contributed by atoms with Gasteiger partial charge in [0.15, 0.2) is 11.5 Å². The molecule has 1 aliphatic carbocycles. The van der Waals surface area contributed by atoms with Crippen LogP contribution in [0.25, 0.3) is 0 Å². The molecular formula is C18H25NO5. The van der Waals surface area contributed by atoms with E-state index in [9.17, 15) is 14.7 Å². The molecule has 2 N–H and O–H groups in total. The summed E-state index contributed by atoms with van der Waals surface area (Å²) < 4.78 is 11.3. The number of aliphatic carboxylic acids is 1. The molecule has 1 amide bonds. The first-order valence-electron chi connectivity index (χ1n) is 8.30. The Morgan fingerprint density at radius 3 is 2.42 bits per heavy atom. The highest BCUT2D eigenvalue weighted by Gasteiger charge is 2.25. The van der Waals surface area contributed by atoms with Crippen LogP contribution in [0.5, 0.6) is 11.5 Å². The number of ether oxygens (including phenoxy) is 2. The van der Waals surface area contributed by atoms with Crippen LogP contribution < -0.4 is 14.8 Å². The lowest BCUT2D eigenvalue weighted by molar-refractivity contribution is -0.140. The molecule has 0 saturated heterocycles. The van der Waals surface area contributed by atoms with Crippen molar-refractivity contribution >= 4 is 11.9 Å². The average molecular weight is 335 g/mol. The number of carbonyl (C=O) groups is 2. The molecule has 132 valence electrons. The highest BCUT2D eigenvalue weighted by atomic mass is 16.5. The Morgan fingerprint density at radius 2 is 1.88 bits per heavy atom. The molecule has 0 spiro atoms. The summed E-state index contributed by atoms with van der Waals surface area (Å²) in [4.78, 5) is 23.6. The van der Waals surface area contributed by atoms with E-state index in [1.165, 1.54) is 0 Å². The normalized spacial score (nSPS) is 16.0. The van der Waals surface area contributed by atoms with E-state index in [-0.39, 0.29) is 12.0 Å². The Bertz CT molecular complexity index is 593. The molecular weight excluding hydrogens is 310 g/mol. The summed E-state index contributed by atoms with van der Waals surface area (Å²) in [6.07, 6.45) is 4.41. The molecule has 1 aliphatic rings. The van der Waals surface area contributed by atoms with Crippen LogP contribution in [0, 0.1) is 5.92 Å². The Morgan fingerprint density at radius 1 is 1.21 bits per heavy atom. The number of carboxylic acids is 1. The fourth-order valence-corrected chi connectivity index (χ4v) is 2.83. The third-order valence-electron chi connectivity index (χ3n) is 4.24. The zero-order chi connectivity index (χ0) is 17.7. The Hall–Kier alpha value is -2.24. The highest BCUT2D eigenvalue weighted by molar-refractivity contribution is 5.97. The van der Waals surface area contributed by atoms with Gasteiger partial charge in [-0.2, -0.15) is 0 Å². The number of rotatable bonds is 7. The first-order valence-corrected chi connectivity index (χ1v) is 8.30. The predicted molar refractivity (Wildman–Crippen MR) is 89.6 cm³/mol. The molecule has 1 atom stereocenters. The van der Waals surface area contributed by atoms with Gasteiger partial charge in [0.1, 0.15) is 6.04 Å². The number of methoxy groups -OCH3 is 1. The minimum absolute atomic E-state index is 0.139. The van der Waals surface area contributed by atoms with Gasteiger partial charge in [-0.15, -0.1) is 0 Å². The number of benzene rings is 1. The van der Waals surface area contributed by atoms with Crippen molar-refractivity contribution in [3.63, 3.8) is 0 Å². The van der Waals surface area contributed by atoms with Gasteiger partial charge in [-0.25, -0.2) is 4.79 Å². The predicted octanol–water partition coefficient (Wildman–Crippen LogP) is 2.86. The van der Waals surface area contributed by atoms with Gasteiger partial charge in [-0.05, 0) is 49.8 Å². The first kappa shape index (κ1) is 18.1. The maximum atomic E-state index is 12.4. The van der Waals surface area contributed by atoms with E-state index in [4.69, 9.17) is 9.47 Å². The van der Waals surface area contributed by atoms with Crippen molar-refractivity contribution in [3.8, 4) is 11.5 Å². The third-order valence-corrected chi connectivity index (χ3v) is 4.24. The highest BCUT2D eigenvalue weighted by Crippen LogP contribution is 2.32. The molecule has 1 aromatic carbocycles. The van der Waals surface area contributed by atoms with E-state index in [1.54, 1.807) is 39.2 Å². The van der Waals surface area contributed by atoms with Crippen molar-refractivity contribution in [2.75, 3.05) is 7.11 Å². The van der Waals surface area contributed by atoms with Gasteiger partial charge < -0.3 is 19.9 Å². The zero-order valence-corrected chi connectivity index (χ0v) is 14.4. The molecule has 1 aromatic rings. The molecule has 0 aromatic heterocycles. The van der Waals surface area contributed by atoms with E-state index in [1.807, 2.05) is 0 Å². The SMILES string of the molecule is COc1ccc(C(=O)N[C@H](C(=O)O)C(C)C)cc1OC1CCCC1. The molecule has 6 heteroatoms.